The number of carbonyl (C=O) groups is 1. The average molecular weight is 290 g/mol. The summed E-state index contributed by atoms with van der Waals surface area (Å²) in [6, 6.07) is 1.90. The lowest BCUT2D eigenvalue weighted by atomic mass is 10.1. The molecule has 20 heavy (non-hydrogen) atoms. The molecule has 0 fully saturated rings. The second kappa shape index (κ2) is 6.56. The van der Waals surface area contributed by atoms with Crippen LogP contribution in [0.25, 0.3) is 0 Å². The number of amides is 1. The van der Waals surface area contributed by atoms with Crippen LogP contribution in [0.3, 0.4) is 0 Å². The molecule has 106 valence electrons. The van der Waals surface area contributed by atoms with Crippen LogP contribution < -0.4 is 5.32 Å². The molecule has 6 heteroatoms. The number of hydrogen-bond acceptors (Lipinski definition) is 5. The third-order valence-corrected chi connectivity index (χ3v) is 3.81. The first-order valence-electron chi connectivity index (χ1n) is 6.59. The van der Waals surface area contributed by atoms with Crippen LogP contribution in [0.4, 0.5) is 0 Å². The summed E-state index contributed by atoms with van der Waals surface area (Å²) in [6.45, 7) is 6.41. The summed E-state index contributed by atoms with van der Waals surface area (Å²) < 4.78 is 4.00. The van der Waals surface area contributed by atoms with Gasteiger partial charge in [0, 0.05) is 34.4 Å². The Kier molecular flexibility index (Phi) is 4.79. The fraction of sp³-hybridized carbons (Fsp3) is 0.429. The fourth-order valence-electron chi connectivity index (χ4n) is 1.96. The monoisotopic (exact) mass is 290 g/mol. The Bertz CT molecular complexity index is 572. The van der Waals surface area contributed by atoms with E-state index in [1.807, 2.05) is 26.8 Å². The zero-order chi connectivity index (χ0) is 14.5. The van der Waals surface area contributed by atoms with Gasteiger partial charge in [0.1, 0.15) is 5.82 Å². The Hall–Kier alpha value is -1.82. The van der Waals surface area contributed by atoms with E-state index in [1.165, 1.54) is 11.5 Å². The summed E-state index contributed by atoms with van der Waals surface area (Å²) in [5.41, 5.74) is 2.70. The van der Waals surface area contributed by atoms with Crippen molar-refractivity contribution in [2.75, 3.05) is 0 Å². The first-order chi connectivity index (χ1) is 9.60. The summed E-state index contributed by atoms with van der Waals surface area (Å²) in [5, 5.41) is 2.89. The predicted octanol–water partition coefficient (Wildman–Crippen LogP) is 1.97. The molecule has 1 amide bonds. The molecule has 0 bridgehead atoms. The predicted molar refractivity (Wildman–Crippen MR) is 78.5 cm³/mol. The Morgan fingerprint density at radius 1 is 1.30 bits per heavy atom. The van der Waals surface area contributed by atoms with Crippen molar-refractivity contribution in [3.05, 3.63) is 39.9 Å². The zero-order valence-electron chi connectivity index (χ0n) is 11.9. The highest BCUT2D eigenvalue weighted by Gasteiger charge is 2.12. The molecule has 5 nitrogen and oxygen atoms in total. The molecule has 2 aromatic heterocycles. The van der Waals surface area contributed by atoms with E-state index in [4.69, 9.17) is 0 Å². The molecule has 1 N–H and O–H groups in total. The van der Waals surface area contributed by atoms with Crippen molar-refractivity contribution in [2.24, 2.45) is 0 Å². The molecule has 2 heterocycles. The van der Waals surface area contributed by atoms with Crippen molar-refractivity contribution in [2.45, 2.75) is 40.2 Å². The molecule has 0 spiro atoms. The third-order valence-electron chi connectivity index (χ3n) is 3.07. The number of rotatable bonds is 5. The SMILES string of the molecule is CCc1nc(C)c(CC(=O)NCc2ccns2)c(C)n1. The van der Waals surface area contributed by atoms with Gasteiger partial charge in [-0.05, 0) is 31.4 Å². The molecule has 0 saturated carbocycles. The highest BCUT2D eigenvalue weighted by molar-refractivity contribution is 7.05. The van der Waals surface area contributed by atoms with Gasteiger partial charge in [0.05, 0.1) is 13.0 Å². The van der Waals surface area contributed by atoms with Gasteiger partial charge in [-0.1, -0.05) is 6.92 Å². The number of nitrogens with one attached hydrogen (secondary N) is 1. The van der Waals surface area contributed by atoms with Gasteiger partial charge in [0.25, 0.3) is 0 Å². The molecule has 2 rings (SSSR count). The van der Waals surface area contributed by atoms with E-state index in [9.17, 15) is 4.79 Å². The van der Waals surface area contributed by atoms with Gasteiger partial charge in [-0.3, -0.25) is 4.79 Å². The topological polar surface area (TPSA) is 67.8 Å². The Labute approximate surface area is 122 Å². The molecule has 0 aliphatic rings. The Morgan fingerprint density at radius 2 is 2.00 bits per heavy atom. The molecule has 0 aromatic carbocycles. The van der Waals surface area contributed by atoms with Gasteiger partial charge in [-0.25, -0.2) is 14.3 Å². The van der Waals surface area contributed by atoms with E-state index in [0.717, 1.165) is 34.1 Å². The van der Waals surface area contributed by atoms with E-state index >= 15 is 0 Å². The molecular formula is C14H18N4OS. The minimum atomic E-state index is -0.0163. The quantitative estimate of drug-likeness (QED) is 0.914. The van der Waals surface area contributed by atoms with E-state index in [2.05, 4.69) is 19.7 Å². The smallest absolute Gasteiger partial charge is 0.224 e. The van der Waals surface area contributed by atoms with Gasteiger partial charge >= 0.3 is 0 Å². The second-order valence-electron chi connectivity index (χ2n) is 4.58. The van der Waals surface area contributed by atoms with Crippen LogP contribution in [-0.4, -0.2) is 20.2 Å². The Morgan fingerprint density at radius 3 is 2.55 bits per heavy atom. The lowest BCUT2D eigenvalue weighted by Crippen LogP contribution is -2.25. The Balaban J connectivity index is 2.00. The second-order valence-corrected chi connectivity index (χ2v) is 5.49. The molecular weight excluding hydrogens is 272 g/mol. The normalized spacial score (nSPS) is 10.6. The van der Waals surface area contributed by atoms with Gasteiger partial charge in [0.15, 0.2) is 0 Å². The van der Waals surface area contributed by atoms with E-state index in [1.54, 1.807) is 6.20 Å². The number of carbonyl (C=O) groups excluding carboxylic acids is 1. The van der Waals surface area contributed by atoms with Crippen LogP contribution in [0.5, 0.6) is 0 Å². The van der Waals surface area contributed by atoms with Crippen molar-refractivity contribution in [1.29, 1.82) is 0 Å². The minimum absolute atomic E-state index is 0.0163. The van der Waals surface area contributed by atoms with Crippen LogP contribution in [0.15, 0.2) is 12.3 Å². The summed E-state index contributed by atoms with van der Waals surface area (Å²) in [4.78, 5) is 21.9. The fourth-order valence-corrected chi connectivity index (χ4v) is 2.48. The molecule has 0 aliphatic carbocycles. The number of aryl methyl sites for hydroxylation is 3. The van der Waals surface area contributed by atoms with Crippen LogP contribution >= 0.6 is 11.5 Å². The van der Waals surface area contributed by atoms with Crippen molar-refractivity contribution >= 4 is 17.4 Å². The summed E-state index contributed by atoms with van der Waals surface area (Å²) in [5.74, 6) is 0.811. The van der Waals surface area contributed by atoms with Crippen LogP contribution in [0.1, 0.15) is 34.6 Å². The van der Waals surface area contributed by atoms with E-state index in [0.29, 0.717) is 13.0 Å². The molecule has 0 aliphatic heterocycles. The molecule has 0 atom stereocenters. The number of aromatic nitrogens is 3. The average Bonchev–Trinajstić information content (AvgIpc) is 2.93. The number of hydrogen-bond donors (Lipinski definition) is 1. The van der Waals surface area contributed by atoms with E-state index < -0.39 is 0 Å². The molecule has 0 radical (unpaired) electrons. The largest absolute Gasteiger partial charge is 0.351 e. The van der Waals surface area contributed by atoms with Crippen molar-refractivity contribution < 1.29 is 4.79 Å². The summed E-state index contributed by atoms with van der Waals surface area (Å²) in [7, 11) is 0. The highest BCUT2D eigenvalue weighted by atomic mass is 32.1. The van der Waals surface area contributed by atoms with Crippen LogP contribution in [-0.2, 0) is 24.2 Å². The van der Waals surface area contributed by atoms with Gasteiger partial charge in [0.2, 0.25) is 5.91 Å². The van der Waals surface area contributed by atoms with Gasteiger partial charge in [-0.15, -0.1) is 0 Å². The van der Waals surface area contributed by atoms with Crippen molar-refractivity contribution in [1.82, 2.24) is 19.7 Å². The summed E-state index contributed by atoms with van der Waals surface area (Å²) in [6.07, 6.45) is 2.86. The third kappa shape index (κ3) is 3.60. The van der Waals surface area contributed by atoms with Crippen LogP contribution in [0.2, 0.25) is 0 Å². The maximum atomic E-state index is 12.0. The first kappa shape index (κ1) is 14.6. The maximum Gasteiger partial charge on any atom is 0.224 e. The summed E-state index contributed by atoms with van der Waals surface area (Å²) >= 11 is 1.39. The lowest BCUT2D eigenvalue weighted by molar-refractivity contribution is -0.120. The van der Waals surface area contributed by atoms with Crippen molar-refractivity contribution in [3.8, 4) is 0 Å². The van der Waals surface area contributed by atoms with Gasteiger partial charge < -0.3 is 5.32 Å². The van der Waals surface area contributed by atoms with Gasteiger partial charge in [-0.2, -0.15) is 0 Å². The van der Waals surface area contributed by atoms with Crippen LogP contribution in [0, 0.1) is 13.8 Å². The highest BCUT2D eigenvalue weighted by Crippen LogP contribution is 2.12. The molecule has 0 unspecified atom stereocenters. The number of nitrogens with zero attached hydrogens (tertiary/aromatic N) is 3. The lowest BCUT2D eigenvalue weighted by Gasteiger charge is -2.10. The first-order valence-corrected chi connectivity index (χ1v) is 7.36. The minimum Gasteiger partial charge on any atom is -0.351 e. The molecule has 0 saturated heterocycles. The standard InChI is InChI=1S/C14H18N4OS/c1-4-13-17-9(2)12(10(3)18-13)7-14(19)15-8-11-5-6-16-20-11/h5-6H,4,7-8H2,1-3H3,(H,15,19). The molecule has 2 aromatic rings. The maximum absolute atomic E-state index is 12.0. The van der Waals surface area contributed by atoms with Crippen molar-refractivity contribution in [3.63, 3.8) is 0 Å². The zero-order valence-corrected chi connectivity index (χ0v) is 12.8. The van der Waals surface area contributed by atoms with E-state index in [-0.39, 0.29) is 5.91 Å².